The van der Waals surface area contributed by atoms with Crippen LogP contribution < -0.4 is 5.73 Å². The van der Waals surface area contributed by atoms with E-state index in [0.29, 0.717) is 5.95 Å². The van der Waals surface area contributed by atoms with Crippen molar-refractivity contribution in [2.24, 2.45) is 7.05 Å². The molecule has 2 heterocycles. The number of fused-ring (bicyclic) bond motifs is 1. The highest BCUT2D eigenvalue weighted by atomic mass is 127. The van der Waals surface area contributed by atoms with E-state index in [1.165, 1.54) is 3.57 Å². The molecule has 0 saturated carbocycles. The van der Waals surface area contributed by atoms with Crippen molar-refractivity contribution in [3.8, 4) is 5.69 Å². The van der Waals surface area contributed by atoms with Crippen LogP contribution in [-0.4, -0.2) is 19.3 Å². The second-order valence-electron chi connectivity index (χ2n) is 4.16. The molecule has 18 heavy (non-hydrogen) atoms. The van der Waals surface area contributed by atoms with E-state index >= 15 is 0 Å². The number of nitrogens with zero attached hydrogens (tertiary/aromatic N) is 4. The Balaban J connectivity index is 2.34. The molecular formula is C12H12IN5. The van der Waals surface area contributed by atoms with Crippen molar-refractivity contribution in [1.82, 2.24) is 19.3 Å². The van der Waals surface area contributed by atoms with Crippen LogP contribution in [0.1, 0.15) is 5.69 Å². The zero-order chi connectivity index (χ0) is 12.9. The van der Waals surface area contributed by atoms with Crippen molar-refractivity contribution in [2.45, 2.75) is 6.92 Å². The predicted molar refractivity (Wildman–Crippen MR) is 79.7 cm³/mol. The van der Waals surface area contributed by atoms with E-state index in [0.717, 1.165) is 22.5 Å². The minimum atomic E-state index is 0.488. The Morgan fingerprint density at radius 3 is 2.56 bits per heavy atom. The summed E-state index contributed by atoms with van der Waals surface area (Å²) in [7, 11) is 1.90. The number of halogens is 1. The topological polar surface area (TPSA) is 61.7 Å². The van der Waals surface area contributed by atoms with Crippen molar-refractivity contribution in [2.75, 3.05) is 5.73 Å². The minimum Gasteiger partial charge on any atom is -0.369 e. The molecule has 92 valence electrons. The van der Waals surface area contributed by atoms with Crippen LogP contribution in [0.4, 0.5) is 5.95 Å². The normalized spacial score (nSPS) is 11.3. The molecule has 6 heteroatoms. The van der Waals surface area contributed by atoms with Gasteiger partial charge in [0.1, 0.15) is 5.52 Å². The van der Waals surface area contributed by atoms with Gasteiger partial charge < -0.3 is 5.73 Å². The standard InChI is InChI=1S/C12H12IN5/c1-7-10-11(17(2)16-7)18(12(14)15-10)9-5-3-8(13)4-6-9/h3-6H,1-2H3,(H2,14,15). The first-order valence-corrected chi connectivity index (χ1v) is 6.59. The van der Waals surface area contributed by atoms with Gasteiger partial charge in [-0.15, -0.1) is 0 Å². The Morgan fingerprint density at radius 1 is 1.22 bits per heavy atom. The lowest BCUT2D eigenvalue weighted by Crippen LogP contribution is -2.04. The number of hydrogen-bond acceptors (Lipinski definition) is 3. The Hall–Kier alpha value is -1.57. The molecule has 3 aromatic rings. The molecule has 0 aliphatic rings. The Bertz CT molecular complexity index is 723. The predicted octanol–water partition coefficient (Wildman–Crippen LogP) is 2.25. The number of anilines is 1. The molecule has 0 atom stereocenters. The van der Waals surface area contributed by atoms with Gasteiger partial charge in [0.25, 0.3) is 0 Å². The third-order valence-corrected chi connectivity index (χ3v) is 3.63. The highest BCUT2D eigenvalue weighted by molar-refractivity contribution is 14.1. The largest absolute Gasteiger partial charge is 0.369 e. The number of nitrogens with two attached hydrogens (primary N) is 1. The van der Waals surface area contributed by atoms with Crippen molar-refractivity contribution in [3.05, 3.63) is 33.5 Å². The summed E-state index contributed by atoms with van der Waals surface area (Å²) in [4.78, 5) is 4.39. The lowest BCUT2D eigenvalue weighted by atomic mass is 10.3. The summed E-state index contributed by atoms with van der Waals surface area (Å²) < 4.78 is 4.92. The summed E-state index contributed by atoms with van der Waals surface area (Å²) >= 11 is 2.28. The summed E-state index contributed by atoms with van der Waals surface area (Å²) in [6.45, 7) is 1.94. The zero-order valence-electron chi connectivity index (χ0n) is 10.1. The van der Waals surface area contributed by atoms with Crippen molar-refractivity contribution < 1.29 is 0 Å². The summed E-state index contributed by atoms with van der Waals surface area (Å²) in [5.74, 6) is 0.488. The molecule has 0 bridgehead atoms. The number of aryl methyl sites for hydroxylation is 2. The van der Waals surface area contributed by atoms with Gasteiger partial charge in [0, 0.05) is 10.6 Å². The lowest BCUT2D eigenvalue weighted by molar-refractivity contribution is 0.762. The van der Waals surface area contributed by atoms with Gasteiger partial charge in [-0.3, -0.25) is 4.57 Å². The molecule has 0 amide bonds. The van der Waals surface area contributed by atoms with Crippen molar-refractivity contribution in [3.63, 3.8) is 0 Å². The molecule has 2 aromatic heterocycles. The number of nitrogen functional groups attached to an aromatic ring is 1. The quantitative estimate of drug-likeness (QED) is 0.683. The summed E-state index contributed by atoms with van der Waals surface area (Å²) in [5, 5.41) is 4.37. The van der Waals surface area contributed by atoms with Crippen LogP contribution in [0.5, 0.6) is 0 Å². The number of rotatable bonds is 1. The fraction of sp³-hybridized carbons (Fsp3) is 0.167. The maximum absolute atomic E-state index is 6.01. The average Bonchev–Trinajstić information content (AvgIpc) is 2.79. The van der Waals surface area contributed by atoms with E-state index in [2.05, 4.69) is 32.7 Å². The van der Waals surface area contributed by atoms with E-state index in [4.69, 9.17) is 5.73 Å². The molecule has 0 spiro atoms. The highest BCUT2D eigenvalue weighted by Crippen LogP contribution is 2.24. The average molecular weight is 353 g/mol. The molecule has 0 radical (unpaired) electrons. The van der Waals surface area contributed by atoms with Crippen LogP contribution in [0, 0.1) is 10.5 Å². The van der Waals surface area contributed by atoms with Gasteiger partial charge in [0.05, 0.1) is 11.4 Å². The molecule has 5 nitrogen and oxygen atoms in total. The molecule has 3 rings (SSSR count). The molecule has 0 aliphatic heterocycles. The smallest absolute Gasteiger partial charge is 0.207 e. The fourth-order valence-corrected chi connectivity index (χ4v) is 2.49. The Kier molecular flexibility index (Phi) is 2.54. The van der Waals surface area contributed by atoms with E-state index in [1.807, 2.05) is 47.5 Å². The van der Waals surface area contributed by atoms with Gasteiger partial charge in [-0.25, -0.2) is 9.67 Å². The molecule has 0 unspecified atom stereocenters. The third-order valence-electron chi connectivity index (χ3n) is 2.91. The number of benzene rings is 1. The fourth-order valence-electron chi connectivity index (χ4n) is 2.13. The van der Waals surface area contributed by atoms with E-state index in [9.17, 15) is 0 Å². The van der Waals surface area contributed by atoms with Gasteiger partial charge in [-0.2, -0.15) is 5.10 Å². The first kappa shape index (κ1) is 11.5. The first-order valence-electron chi connectivity index (χ1n) is 5.51. The number of hydrogen-bond donors (Lipinski definition) is 1. The van der Waals surface area contributed by atoms with Crippen LogP contribution in [0.15, 0.2) is 24.3 Å². The monoisotopic (exact) mass is 353 g/mol. The van der Waals surface area contributed by atoms with E-state index < -0.39 is 0 Å². The molecule has 0 saturated heterocycles. The van der Waals surface area contributed by atoms with Gasteiger partial charge in [0.2, 0.25) is 5.95 Å². The van der Waals surface area contributed by atoms with Crippen LogP contribution in [0.2, 0.25) is 0 Å². The molecule has 0 fully saturated rings. The highest BCUT2D eigenvalue weighted by Gasteiger charge is 2.16. The second-order valence-corrected chi connectivity index (χ2v) is 5.41. The van der Waals surface area contributed by atoms with Gasteiger partial charge in [-0.05, 0) is 53.8 Å². The molecular weight excluding hydrogens is 341 g/mol. The lowest BCUT2D eigenvalue weighted by Gasteiger charge is -2.06. The zero-order valence-corrected chi connectivity index (χ0v) is 12.2. The van der Waals surface area contributed by atoms with Crippen molar-refractivity contribution >= 4 is 39.7 Å². The SMILES string of the molecule is Cc1nn(C)c2c1nc(N)n2-c1ccc(I)cc1. The van der Waals surface area contributed by atoms with Crippen molar-refractivity contribution in [1.29, 1.82) is 0 Å². The summed E-state index contributed by atoms with van der Waals surface area (Å²) in [6.07, 6.45) is 0. The van der Waals surface area contributed by atoms with Crippen LogP contribution in [0.3, 0.4) is 0 Å². The number of aromatic nitrogens is 4. The van der Waals surface area contributed by atoms with Crippen LogP contribution >= 0.6 is 22.6 Å². The van der Waals surface area contributed by atoms with Gasteiger partial charge in [-0.1, -0.05) is 0 Å². The maximum Gasteiger partial charge on any atom is 0.207 e. The van der Waals surface area contributed by atoms with Gasteiger partial charge in [0.15, 0.2) is 5.65 Å². The summed E-state index contributed by atoms with van der Waals surface area (Å²) in [5.41, 5.74) is 9.68. The van der Waals surface area contributed by atoms with Crippen LogP contribution in [-0.2, 0) is 7.05 Å². The summed E-state index contributed by atoms with van der Waals surface area (Å²) in [6, 6.07) is 8.15. The molecule has 1 aromatic carbocycles. The number of imidazole rings is 1. The Morgan fingerprint density at radius 2 is 1.89 bits per heavy atom. The third kappa shape index (κ3) is 1.59. The van der Waals surface area contributed by atoms with E-state index in [-0.39, 0.29) is 0 Å². The Labute approximate surface area is 118 Å². The maximum atomic E-state index is 6.01. The van der Waals surface area contributed by atoms with Gasteiger partial charge >= 0.3 is 0 Å². The molecule has 2 N–H and O–H groups in total. The minimum absolute atomic E-state index is 0.488. The van der Waals surface area contributed by atoms with Crippen LogP contribution in [0.25, 0.3) is 16.9 Å². The second kappa shape index (κ2) is 3.98. The first-order chi connectivity index (χ1) is 8.58. The van der Waals surface area contributed by atoms with E-state index in [1.54, 1.807) is 0 Å². The molecule has 0 aliphatic carbocycles.